The van der Waals surface area contributed by atoms with Crippen LogP contribution in [0.3, 0.4) is 0 Å². The van der Waals surface area contributed by atoms with Crippen LogP contribution in [0.1, 0.15) is 19.4 Å². The van der Waals surface area contributed by atoms with Crippen molar-refractivity contribution in [1.82, 2.24) is 15.1 Å². The summed E-state index contributed by atoms with van der Waals surface area (Å²) in [5.74, 6) is 0.563. The zero-order chi connectivity index (χ0) is 23.1. The van der Waals surface area contributed by atoms with Gasteiger partial charge in [0, 0.05) is 42.4 Å². The Balaban J connectivity index is 1.78. The van der Waals surface area contributed by atoms with Crippen LogP contribution < -0.4 is 5.73 Å². The number of hydrogen-bond acceptors (Lipinski definition) is 7. The van der Waals surface area contributed by atoms with Gasteiger partial charge in [0.2, 0.25) is 0 Å². The quantitative estimate of drug-likeness (QED) is 0.601. The van der Waals surface area contributed by atoms with Gasteiger partial charge < -0.3 is 10.3 Å². The summed E-state index contributed by atoms with van der Waals surface area (Å²) in [6, 6.07) is 5.93. The molecule has 2 N–H and O–H groups in total. The number of benzene rings is 1. The summed E-state index contributed by atoms with van der Waals surface area (Å²) in [6.45, 7) is 2.90. The van der Waals surface area contributed by atoms with Gasteiger partial charge in [-0.25, -0.2) is 18.7 Å². The van der Waals surface area contributed by atoms with E-state index in [4.69, 9.17) is 21.9 Å². The minimum atomic E-state index is -1.47. The van der Waals surface area contributed by atoms with Crippen molar-refractivity contribution in [2.75, 3.05) is 19.5 Å². The van der Waals surface area contributed by atoms with Crippen molar-refractivity contribution in [2.45, 2.75) is 24.1 Å². The monoisotopic (exact) mass is 478 g/mol. The van der Waals surface area contributed by atoms with E-state index < -0.39 is 33.5 Å². The molecule has 0 unspecified atom stereocenters. The normalized spacial score (nSPS) is 22.7. The molecule has 1 aliphatic rings. The molecule has 7 nitrogen and oxygen atoms in total. The lowest BCUT2D eigenvalue weighted by Crippen LogP contribution is -2.53. The number of halogens is 3. The predicted octanol–water partition coefficient (Wildman–Crippen LogP) is 4.34. The predicted molar refractivity (Wildman–Crippen MR) is 122 cm³/mol. The minimum Gasteiger partial charge on any atom is -0.386 e. The van der Waals surface area contributed by atoms with E-state index in [1.54, 1.807) is 13.1 Å². The van der Waals surface area contributed by atoms with Gasteiger partial charge in [0.25, 0.3) is 0 Å². The second-order valence-electron chi connectivity index (χ2n) is 7.86. The fourth-order valence-corrected chi connectivity index (χ4v) is 5.57. The van der Waals surface area contributed by atoms with E-state index in [1.165, 1.54) is 30.6 Å². The first-order chi connectivity index (χ1) is 15.2. The molecule has 0 radical (unpaired) electrons. The van der Waals surface area contributed by atoms with Gasteiger partial charge in [-0.3, -0.25) is 9.36 Å². The Morgan fingerprint density at radius 2 is 1.97 bits per heavy atom. The van der Waals surface area contributed by atoms with Crippen LogP contribution >= 0.6 is 11.6 Å². The Morgan fingerprint density at radius 3 is 2.62 bits per heavy atom. The third-order valence-electron chi connectivity index (χ3n) is 5.47. The molecular formula is C21H21ClF2N6OS. The number of nitrogens with two attached hydrogens (primary N) is 1. The molecule has 1 aromatic carbocycles. The lowest BCUT2D eigenvalue weighted by Gasteiger charge is -2.40. The summed E-state index contributed by atoms with van der Waals surface area (Å²) < 4.78 is 38.8. The summed E-state index contributed by atoms with van der Waals surface area (Å²) in [5.41, 5.74) is 5.72. The Morgan fingerprint density at radius 1 is 1.25 bits per heavy atom. The van der Waals surface area contributed by atoms with Crippen molar-refractivity contribution in [3.05, 3.63) is 53.1 Å². The molecule has 0 bridgehead atoms. The maximum absolute atomic E-state index is 15.0. The van der Waals surface area contributed by atoms with E-state index in [2.05, 4.69) is 24.5 Å². The Bertz CT molecular complexity index is 1230. The topological polar surface area (TPSA) is 103 Å². The first-order valence-corrected chi connectivity index (χ1v) is 11.4. The molecule has 0 amide bonds. The summed E-state index contributed by atoms with van der Waals surface area (Å²) in [5, 5.41) is 4.37. The number of alkyl halides is 1. The van der Waals surface area contributed by atoms with E-state index in [-0.39, 0.29) is 17.2 Å². The molecule has 0 saturated heterocycles. The van der Waals surface area contributed by atoms with Gasteiger partial charge in [0.15, 0.2) is 17.3 Å². The molecule has 11 heteroatoms. The number of rotatable bonds is 4. The zero-order valence-electron chi connectivity index (χ0n) is 17.6. The fraction of sp³-hybridized carbons (Fsp3) is 0.333. The van der Waals surface area contributed by atoms with Crippen LogP contribution in [0.15, 0.2) is 50.5 Å². The van der Waals surface area contributed by atoms with Gasteiger partial charge in [-0.2, -0.15) is 0 Å². The molecule has 0 fully saturated rings. The van der Waals surface area contributed by atoms with Crippen LogP contribution in [0.5, 0.6) is 0 Å². The second-order valence-corrected chi connectivity index (χ2v) is 10.7. The van der Waals surface area contributed by atoms with Gasteiger partial charge in [-0.15, -0.1) is 0 Å². The van der Waals surface area contributed by atoms with Crippen LogP contribution in [0, 0.1) is 5.82 Å². The molecule has 0 aliphatic carbocycles. The number of amidine groups is 1. The molecule has 2 aromatic heterocycles. The summed E-state index contributed by atoms with van der Waals surface area (Å²) >= 11 is 5.82. The largest absolute Gasteiger partial charge is 0.386 e. The van der Waals surface area contributed by atoms with Crippen molar-refractivity contribution in [1.29, 1.82) is 0 Å². The van der Waals surface area contributed by atoms with Gasteiger partial charge in [-0.05, 0) is 32.0 Å². The van der Waals surface area contributed by atoms with E-state index in [1.807, 2.05) is 13.8 Å². The Labute approximate surface area is 191 Å². The van der Waals surface area contributed by atoms with E-state index in [0.29, 0.717) is 27.9 Å². The molecule has 32 heavy (non-hydrogen) atoms. The maximum atomic E-state index is 15.0. The van der Waals surface area contributed by atoms with E-state index >= 15 is 0 Å². The van der Waals surface area contributed by atoms with Crippen LogP contribution in [0.2, 0.25) is 5.02 Å². The summed E-state index contributed by atoms with van der Waals surface area (Å²) in [7, 11) is 1.02. The number of hydrogen-bond donors (Lipinski definition) is 1. The third-order valence-corrected chi connectivity index (χ3v) is 8.24. The molecule has 168 valence electrons. The highest BCUT2D eigenvalue weighted by Gasteiger charge is 2.45. The first kappa shape index (κ1) is 22.5. The maximum Gasteiger partial charge on any atom is 0.181 e. The second kappa shape index (κ2) is 8.32. The molecule has 1 aliphatic heterocycles. The van der Waals surface area contributed by atoms with Crippen molar-refractivity contribution in [3.63, 3.8) is 0 Å². The van der Waals surface area contributed by atoms with E-state index in [9.17, 15) is 8.78 Å². The van der Waals surface area contributed by atoms with Crippen LogP contribution in [-0.2, 0) is 16.2 Å². The number of aromatic nitrogens is 3. The molecule has 0 saturated carbocycles. The van der Waals surface area contributed by atoms with Gasteiger partial charge in [0.1, 0.15) is 23.9 Å². The standard InChI is InChI=1S/C21H21ClF2N6OS/c1-20(2)19(25)29-21(10-23,11-32(20)26-3)14-6-12(4-5-15(14)24)17-7-16(30-31-17)18-27-8-13(22)9-28-18/h4-9H,10-11H2,1-3H3,(H2,25,29)/t21-,32-/m0/s1. The Hall–Kier alpha value is -2.72. The lowest BCUT2D eigenvalue weighted by atomic mass is 9.90. The van der Waals surface area contributed by atoms with Crippen molar-refractivity contribution < 1.29 is 13.3 Å². The first-order valence-electron chi connectivity index (χ1n) is 9.68. The molecule has 4 rings (SSSR count). The summed E-state index contributed by atoms with van der Waals surface area (Å²) in [4.78, 5) is 12.7. The van der Waals surface area contributed by atoms with E-state index in [0.717, 1.165) is 0 Å². The zero-order valence-corrected chi connectivity index (χ0v) is 19.2. The average molecular weight is 479 g/mol. The molecule has 3 aromatic rings. The van der Waals surface area contributed by atoms with Crippen LogP contribution in [0.25, 0.3) is 22.8 Å². The van der Waals surface area contributed by atoms with Crippen LogP contribution in [0.4, 0.5) is 8.78 Å². The van der Waals surface area contributed by atoms with Crippen molar-refractivity contribution in [3.8, 4) is 22.8 Å². The lowest BCUT2D eigenvalue weighted by molar-refractivity contribution is 0.329. The fourth-order valence-electron chi connectivity index (χ4n) is 3.49. The molecule has 2 atom stereocenters. The van der Waals surface area contributed by atoms with Gasteiger partial charge >= 0.3 is 0 Å². The molecule has 0 spiro atoms. The molecule has 3 heterocycles. The average Bonchev–Trinajstić information content (AvgIpc) is 3.27. The SMILES string of the molecule is CN=[S@]1C[C@@](CF)(c2cc(-c3cc(-c4ncc(Cl)cn4)no3)ccc2F)N=C(N)C1(C)C. The smallest absolute Gasteiger partial charge is 0.181 e. The summed E-state index contributed by atoms with van der Waals surface area (Å²) in [6.07, 6.45) is 2.89. The van der Waals surface area contributed by atoms with Gasteiger partial charge in [0.05, 0.1) is 9.77 Å². The highest BCUT2D eigenvalue weighted by atomic mass is 35.5. The minimum absolute atomic E-state index is 0.0952. The molecular weight excluding hydrogens is 458 g/mol. The Kier molecular flexibility index (Phi) is 5.85. The van der Waals surface area contributed by atoms with Gasteiger partial charge in [-0.1, -0.05) is 27.4 Å². The highest BCUT2D eigenvalue weighted by Crippen LogP contribution is 2.39. The van der Waals surface area contributed by atoms with Crippen molar-refractivity contribution in [2.24, 2.45) is 15.1 Å². The van der Waals surface area contributed by atoms with Crippen molar-refractivity contribution >= 4 is 28.1 Å². The number of nitrogens with zero attached hydrogens (tertiary/aromatic N) is 5. The number of aliphatic imine (C=N–C) groups is 1. The van der Waals surface area contributed by atoms with Crippen LogP contribution in [-0.4, -0.2) is 45.2 Å². The third kappa shape index (κ3) is 3.81. The highest BCUT2D eigenvalue weighted by molar-refractivity contribution is 7.89.